The van der Waals surface area contributed by atoms with Crippen LogP contribution in [0.4, 0.5) is 0 Å². The summed E-state index contributed by atoms with van der Waals surface area (Å²) in [6, 6.07) is 0. The maximum absolute atomic E-state index is 8.71. The topological polar surface area (TPSA) is 86.4 Å². The number of hydrogen-bond acceptors (Lipinski definition) is 7. The van der Waals surface area contributed by atoms with Gasteiger partial charge in [0, 0.05) is 19.6 Å². The average molecular weight is 294 g/mol. The molecule has 7 heteroatoms. The molecule has 0 rings (SSSR count). The van der Waals surface area contributed by atoms with E-state index >= 15 is 0 Å². The van der Waals surface area contributed by atoms with Gasteiger partial charge in [0.15, 0.2) is 0 Å². The van der Waals surface area contributed by atoms with Crippen molar-refractivity contribution < 1.29 is 24.1 Å². The second kappa shape index (κ2) is 16.8. The predicted molar refractivity (Wildman–Crippen MR) is 76.9 cm³/mol. The summed E-state index contributed by atoms with van der Waals surface area (Å²) in [6.07, 6.45) is 0. The van der Waals surface area contributed by atoms with Crippen molar-refractivity contribution in [2.45, 2.75) is 0 Å². The lowest BCUT2D eigenvalue weighted by atomic mass is 10.5. The molecule has 0 amide bonds. The fraction of sp³-hybridized carbons (Fsp3) is 1.00. The third-order valence-electron chi connectivity index (χ3n) is 2.48. The highest BCUT2D eigenvalue weighted by Gasteiger charge is 1.96. The Morgan fingerprint density at radius 2 is 1.20 bits per heavy atom. The zero-order chi connectivity index (χ0) is 14.9. The van der Waals surface area contributed by atoms with Gasteiger partial charge in [-0.3, -0.25) is 0 Å². The van der Waals surface area contributed by atoms with E-state index in [2.05, 4.69) is 0 Å². The molecule has 20 heavy (non-hydrogen) atoms. The van der Waals surface area contributed by atoms with Gasteiger partial charge in [-0.15, -0.1) is 0 Å². The van der Waals surface area contributed by atoms with Crippen molar-refractivity contribution in [2.75, 3.05) is 86.1 Å². The molecule has 0 unspecified atom stereocenters. The van der Waals surface area contributed by atoms with E-state index in [9.17, 15) is 0 Å². The Labute approximate surface area is 121 Å². The van der Waals surface area contributed by atoms with Gasteiger partial charge in [0.1, 0.15) is 0 Å². The van der Waals surface area contributed by atoms with Crippen molar-refractivity contribution in [3.8, 4) is 0 Å². The number of aliphatic hydroxyl groups is 1. The van der Waals surface area contributed by atoms with E-state index in [0.29, 0.717) is 65.9 Å². The number of hydrogen-bond donors (Lipinski definition) is 2. The minimum Gasteiger partial charge on any atom is -0.395 e. The largest absolute Gasteiger partial charge is 0.395 e. The van der Waals surface area contributed by atoms with Gasteiger partial charge in [0.05, 0.1) is 59.5 Å². The SMILES string of the molecule is CN(CCO)CCOCCOCCOCCOCCN. The minimum absolute atomic E-state index is 0.177. The lowest BCUT2D eigenvalue weighted by Gasteiger charge is -2.14. The Bertz CT molecular complexity index is 186. The molecule has 122 valence electrons. The molecule has 0 fully saturated rings. The highest BCUT2D eigenvalue weighted by atomic mass is 16.6. The summed E-state index contributed by atoms with van der Waals surface area (Å²) in [6.45, 7) is 6.83. The maximum atomic E-state index is 8.71. The number of ether oxygens (including phenoxy) is 4. The van der Waals surface area contributed by atoms with E-state index in [1.54, 1.807) is 0 Å². The van der Waals surface area contributed by atoms with Crippen LogP contribution < -0.4 is 5.73 Å². The molecule has 0 saturated heterocycles. The molecule has 0 aliphatic heterocycles. The quantitative estimate of drug-likeness (QED) is 0.351. The van der Waals surface area contributed by atoms with Crippen LogP contribution >= 0.6 is 0 Å². The second-order valence-electron chi connectivity index (χ2n) is 4.27. The van der Waals surface area contributed by atoms with Gasteiger partial charge in [-0.1, -0.05) is 0 Å². The van der Waals surface area contributed by atoms with Crippen LogP contribution in [0, 0.1) is 0 Å². The highest BCUT2D eigenvalue weighted by molar-refractivity contribution is 4.48. The van der Waals surface area contributed by atoms with E-state index in [4.69, 9.17) is 29.8 Å². The summed E-state index contributed by atoms with van der Waals surface area (Å²) in [4.78, 5) is 2.02. The van der Waals surface area contributed by atoms with E-state index in [1.807, 2.05) is 11.9 Å². The molecule has 0 aromatic carbocycles. The lowest BCUT2D eigenvalue weighted by Crippen LogP contribution is -2.26. The smallest absolute Gasteiger partial charge is 0.0701 e. The molecular formula is C13H30N2O5. The van der Waals surface area contributed by atoms with E-state index < -0.39 is 0 Å². The van der Waals surface area contributed by atoms with Crippen LogP contribution in [0.5, 0.6) is 0 Å². The third-order valence-corrected chi connectivity index (χ3v) is 2.48. The first-order chi connectivity index (χ1) is 9.81. The van der Waals surface area contributed by atoms with Gasteiger partial charge >= 0.3 is 0 Å². The first-order valence-electron chi connectivity index (χ1n) is 7.11. The molecule has 0 aromatic rings. The third kappa shape index (κ3) is 15.8. The summed E-state index contributed by atoms with van der Waals surface area (Å²) < 4.78 is 21.2. The Morgan fingerprint density at radius 1 is 0.750 bits per heavy atom. The maximum Gasteiger partial charge on any atom is 0.0701 e. The van der Waals surface area contributed by atoms with Gasteiger partial charge in [-0.05, 0) is 7.05 Å². The van der Waals surface area contributed by atoms with Crippen molar-refractivity contribution in [2.24, 2.45) is 5.73 Å². The molecule has 0 heterocycles. The van der Waals surface area contributed by atoms with Gasteiger partial charge in [-0.2, -0.15) is 0 Å². The number of likely N-dealkylation sites (N-methyl/N-ethyl adjacent to an activating group) is 1. The molecule has 0 spiro atoms. The van der Waals surface area contributed by atoms with Crippen molar-refractivity contribution in [1.82, 2.24) is 4.90 Å². The first-order valence-corrected chi connectivity index (χ1v) is 7.11. The molecule has 0 radical (unpaired) electrons. The van der Waals surface area contributed by atoms with Crippen LogP contribution in [-0.4, -0.2) is 96.2 Å². The highest BCUT2D eigenvalue weighted by Crippen LogP contribution is 1.85. The van der Waals surface area contributed by atoms with Crippen LogP contribution in [0.15, 0.2) is 0 Å². The predicted octanol–water partition coefficient (Wildman–Crippen LogP) is -1.06. The molecule has 0 saturated carbocycles. The Kier molecular flexibility index (Phi) is 16.5. The van der Waals surface area contributed by atoms with Crippen LogP contribution in [0.1, 0.15) is 0 Å². The molecule has 0 atom stereocenters. The van der Waals surface area contributed by atoms with E-state index in [1.165, 1.54) is 0 Å². The second-order valence-corrected chi connectivity index (χ2v) is 4.27. The van der Waals surface area contributed by atoms with Crippen LogP contribution in [0.2, 0.25) is 0 Å². The van der Waals surface area contributed by atoms with Crippen LogP contribution in [-0.2, 0) is 18.9 Å². The summed E-state index contributed by atoms with van der Waals surface area (Å²) in [5, 5.41) is 8.71. The van der Waals surface area contributed by atoms with Gasteiger partial charge in [0.25, 0.3) is 0 Å². The molecule has 7 nitrogen and oxygen atoms in total. The molecular weight excluding hydrogens is 264 g/mol. The Balaban J connectivity index is 2.99. The molecule has 0 bridgehead atoms. The summed E-state index contributed by atoms with van der Waals surface area (Å²) in [7, 11) is 1.95. The van der Waals surface area contributed by atoms with E-state index in [0.717, 1.165) is 6.54 Å². The zero-order valence-corrected chi connectivity index (χ0v) is 12.6. The van der Waals surface area contributed by atoms with Gasteiger partial charge in [-0.25, -0.2) is 0 Å². The minimum atomic E-state index is 0.177. The van der Waals surface area contributed by atoms with Crippen molar-refractivity contribution in [3.63, 3.8) is 0 Å². The monoisotopic (exact) mass is 294 g/mol. The normalized spacial score (nSPS) is 11.4. The number of aliphatic hydroxyl groups excluding tert-OH is 1. The average Bonchev–Trinajstić information content (AvgIpc) is 2.44. The molecule has 0 aliphatic rings. The van der Waals surface area contributed by atoms with Crippen molar-refractivity contribution in [3.05, 3.63) is 0 Å². The van der Waals surface area contributed by atoms with Crippen LogP contribution in [0.25, 0.3) is 0 Å². The summed E-state index contributed by atoms with van der Waals surface area (Å²) >= 11 is 0. The Morgan fingerprint density at radius 3 is 1.65 bits per heavy atom. The standard InChI is InChI=1S/C13H30N2O5/c1-15(3-5-16)4-7-18-9-11-20-13-12-19-10-8-17-6-2-14/h16H,2-14H2,1H3. The van der Waals surface area contributed by atoms with Gasteiger partial charge in [0.2, 0.25) is 0 Å². The summed E-state index contributed by atoms with van der Waals surface area (Å²) in [5.74, 6) is 0. The van der Waals surface area contributed by atoms with Gasteiger partial charge < -0.3 is 34.7 Å². The molecule has 0 aromatic heterocycles. The molecule has 0 aliphatic carbocycles. The van der Waals surface area contributed by atoms with Crippen molar-refractivity contribution in [1.29, 1.82) is 0 Å². The van der Waals surface area contributed by atoms with E-state index in [-0.39, 0.29) is 6.61 Å². The first kappa shape index (κ1) is 19.7. The summed E-state index contributed by atoms with van der Waals surface area (Å²) in [5.41, 5.74) is 5.28. The fourth-order valence-electron chi connectivity index (χ4n) is 1.35. The number of nitrogens with zero attached hydrogens (tertiary/aromatic N) is 1. The zero-order valence-electron chi connectivity index (χ0n) is 12.6. The Hall–Kier alpha value is -0.280. The van der Waals surface area contributed by atoms with Crippen molar-refractivity contribution >= 4 is 0 Å². The molecule has 3 N–H and O–H groups in total. The number of rotatable bonds is 16. The lowest BCUT2D eigenvalue weighted by molar-refractivity contribution is -0.00282. The fourth-order valence-corrected chi connectivity index (χ4v) is 1.35. The number of nitrogens with two attached hydrogens (primary N) is 1. The van der Waals surface area contributed by atoms with Crippen LogP contribution in [0.3, 0.4) is 0 Å².